The molecule has 0 aliphatic heterocycles. The van der Waals surface area contributed by atoms with Gasteiger partial charge in [0.25, 0.3) is 0 Å². The SMILES string of the molecule is COc1cccc(CN(C)C(=O)CSc2nc3ccc(C)cc3[nH]2)c1OC. The number of methoxy groups -OCH3 is 2. The van der Waals surface area contributed by atoms with Gasteiger partial charge in [-0.3, -0.25) is 4.79 Å². The lowest BCUT2D eigenvalue weighted by Crippen LogP contribution is -2.28. The highest BCUT2D eigenvalue weighted by molar-refractivity contribution is 7.99. The molecule has 7 heteroatoms. The maximum atomic E-state index is 12.5. The van der Waals surface area contributed by atoms with Crippen molar-refractivity contribution in [2.45, 2.75) is 18.6 Å². The van der Waals surface area contributed by atoms with E-state index in [9.17, 15) is 4.79 Å². The van der Waals surface area contributed by atoms with Crippen molar-refractivity contribution in [1.82, 2.24) is 14.9 Å². The molecule has 0 fully saturated rings. The standard InChI is InChI=1S/C20H23N3O3S/c1-13-8-9-15-16(10-13)22-20(21-15)27-12-18(24)23(2)11-14-6-5-7-17(25-3)19(14)26-4/h5-10H,11-12H2,1-4H3,(H,21,22). The molecule has 0 radical (unpaired) electrons. The lowest BCUT2D eigenvalue weighted by Gasteiger charge is -2.19. The zero-order valence-electron chi connectivity index (χ0n) is 15.9. The molecule has 0 aliphatic carbocycles. The summed E-state index contributed by atoms with van der Waals surface area (Å²) in [7, 11) is 4.98. The van der Waals surface area contributed by atoms with E-state index in [2.05, 4.69) is 16.0 Å². The van der Waals surface area contributed by atoms with Gasteiger partial charge >= 0.3 is 0 Å². The first-order valence-electron chi connectivity index (χ1n) is 8.55. The Hall–Kier alpha value is -2.67. The number of benzene rings is 2. The quantitative estimate of drug-likeness (QED) is 0.629. The lowest BCUT2D eigenvalue weighted by molar-refractivity contribution is -0.127. The summed E-state index contributed by atoms with van der Waals surface area (Å²) in [6.07, 6.45) is 0. The Morgan fingerprint density at radius 2 is 2.04 bits per heavy atom. The van der Waals surface area contributed by atoms with Crippen molar-refractivity contribution in [2.75, 3.05) is 27.0 Å². The highest BCUT2D eigenvalue weighted by atomic mass is 32.2. The number of hydrogen-bond donors (Lipinski definition) is 1. The maximum Gasteiger partial charge on any atom is 0.233 e. The number of aromatic nitrogens is 2. The molecule has 0 atom stereocenters. The van der Waals surface area contributed by atoms with Crippen LogP contribution in [0, 0.1) is 6.92 Å². The van der Waals surface area contributed by atoms with Gasteiger partial charge in [0.1, 0.15) is 0 Å². The smallest absolute Gasteiger partial charge is 0.233 e. The molecule has 0 saturated heterocycles. The van der Waals surface area contributed by atoms with E-state index >= 15 is 0 Å². The number of aryl methyl sites for hydroxylation is 1. The van der Waals surface area contributed by atoms with Crippen molar-refractivity contribution in [3.63, 3.8) is 0 Å². The Balaban J connectivity index is 1.63. The molecule has 1 heterocycles. The van der Waals surface area contributed by atoms with Crippen LogP contribution in [0.25, 0.3) is 11.0 Å². The van der Waals surface area contributed by atoms with E-state index in [1.807, 2.05) is 37.3 Å². The fourth-order valence-electron chi connectivity index (χ4n) is 2.83. The summed E-state index contributed by atoms with van der Waals surface area (Å²) >= 11 is 1.40. The summed E-state index contributed by atoms with van der Waals surface area (Å²) in [6.45, 7) is 2.48. The van der Waals surface area contributed by atoms with E-state index in [4.69, 9.17) is 9.47 Å². The number of amides is 1. The van der Waals surface area contributed by atoms with Gasteiger partial charge in [-0.25, -0.2) is 4.98 Å². The molecule has 142 valence electrons. The maximum absolute atomic E-state index is 12.5. The van der Waals surface area contributed by atoms with Crippen LogP contribution in [0.3, 0.4) is 0 Å². The third kappa shape index (κ3) is 4.36. The zero-order chi connectivity index (χ0) is 19.4. The van der Waals surface area contributed by atoms with Gasteiger partial charge in [0.05, 0.1) is 31.0 Å². The average molecular weight is 385 g/mol. The molecule has 2 aromatic carbocycles. The predicted molar refractivity (Wildman–Crippen MR) is 108 cm³/mol. The Morgan fingerprint density at radius 1 is 1.22 bits per heavy atom. The number of nitrogens with zero attached hydrogens (tertiary/aromatic N) is 2. The largest absolute Gasteiger partial charge is 0.493 e. The Kier molecular flexibility index (Phi) is 5.91. The van der Waals surface area contributed by atoms with Crippen LogP contribution in [0.1, 0.15) is 11.1 Å². The van der Waals surface area contributed by atoms with Gasteiger partial charge in [-0.05, 0) is 30.7 Å². The first kappa shape index (κ1) is 19.1. The van der Waals surface area contributed by atoms with Crippen LogP contribution in [-0.4, -0.2) is 47.8 Å². The molecule has 27 heavy (non-hydrogen) atoms. The van der Waals surface area contributed by atoms with Crippen LogP contribution >= 0.6 is 11.8 Å². The van der Waals surface area contributed by atoms with Gasteiger partial charge in [-0.15, -0.1) is 0 Å². The van der Waals surface area contributed by atoms with Crippen molar-refractivity contribution in [1.29, 1.82) is 0 Å². The second kappa shape index (κ2) is 8.35. The second-order valence-corrected chi connectivity index (χ2v) is 7.22. The fourth-order valence-corrected chi connectivity index (χ4v) is 3.66. The van der Waals surface area contributed by atoms with Gasteiger partial charge in [0.15, 0.2) is 16.7 Å². The number of para-hydroxylation sites is 1. The predicted octanol–water partition coefficient (Wildman–Crippen LogP) is 3.64. The van der Waals surface area contributed by atoms with Crippen molar-refractivity contribution < 1.29 is 14.3 Å². The molecule has 3 rings (SSSR count). The topological polar surface area (TPSA) is 67.5 Å². The summed E-state index contributed by atoms with van der Waals surface area (Å²) < 4.78 is 10.8. The monoisotopic (exact) mass is 385 g/mol. The van der Waals surface area contributed by atoms with Crippen molar-refractivity contribution in [3.05, 3.63) is 47.5 Å². The highest BCUT2D eigenvalue weighted by Gasteiger charge is 2.16. The number of carbonyl (C=O) groups excluding carboxylic acids is 1. The number of aromatic amines is 1. The van der Waals surface area contributed by atoms with Gasteiger partial charge in [0.2, 0.25) is 5.91 Å². The second-order valence-electron chi connectivity index (χ2n) is 6.25. The number of nitrogens with one attached hydrogen (secondary N) is 1. The van der Waals surface area contributed by atoms with Crippen molar-refractivity contribution in [3.8, 4) is 11.5 Å². The molecule has 6 nitrogen and oxygen atoms in total. The van der Waals surface area contributed by atoms with Crippen LogP contribution in [0.4, 0.5) is 0 Å². The molecule has 0 saturated carbocycles. The van der Waals surface area contributed by atoms with Gasteiger partial charge in [-0.2, -0.15) is 0 Å². The van der Waals surface area contributed by atoms with E-state index in [-0.39, 0.29) is 5.91 Å². The van der Waals surface area contributed by atoms with Gasteiger partial charge in [-0.1, -0.05) is 30.0 Å². The van der Waals surface area contributed by atoms with Crippen LogP contribution in [-0.2, 0) is 11.3 Å². The minimum atomic E-state index is 0.0153. The number of fused-ring (bicyclic) bond motifs is 1. The van der Waals surface area contributed by atoms with Crippen molar-refractivity contribution >= 4 is 28.7 Å². The number of rotatable bonds is 7. The molecule has 0 aliphatic rings. The van der Waals surface area contributed by atoms with Crippen LogP contribution < -0.4 is 9.47 Å². The molecule has 3 aromatic rings. The summed E-state index contributed by atoms with van der Waals surface area (Å²) in [6, 6.07) is 11.7. The van der Waals surface area contributed by atoms with E-state index in [1.165, 1.54) is 17.3 Å². The lowest BCUT2D eigenvalue weighted by atomic mass is 10.1. The third-order valence-electron chi connectivity index (χ3n) is 4.27. The number of carbonyl (C=O) groups is 1. The van der Waals surface area contributed by atoms with Crippen LogP contribution in [0.2, 0.25) is 0 Å². The number of H-pyrrole nitrogens is 1. The zero-order valence-corrected chi connectivity index (χ0v) is 16.7. The molecule has 1 amide bonds. The number of thioether (sulfide) groups is 1. The molecule has 1 N–H and O–H groups in total. The molecule has 0 spiro atoms. The fraction of sp³-hybridized carbons (Fsp3) is 0.300. The normalized spacial score (nSPS) is 10.8. The molecular formula is C20H23N3O3S. The summed E-state index contributed by atoms with van der Waals surface area (Å²) in [5.74, 6) is 1.63. The number of imidazole rings is 1. The Morgan fingerprint density at radius 3 is 2.78 bits per heavy atom. The summed E-state index contributed by atoms with van der Waals surface area (Å²) in [5, 5.41) is 0.747. The minimum absolute atomic E-state index is 0.0153. The van der Waals surface area contributed by atoms with Crippen LogP contribution in [0.15, 0.2) is 41.6 Å². The highest BCUT2D eigenvalue weighted by Crippen LogP contribution is 2.31. The molecule has 1 aromatic heterocycles. The average Bonchev–Trinajstić information content (AvgIpc) is 3.07. The van der Waals surface area contributed by atoms with E-state index in [0.717, 1.165) is 21.8 Å². The number of hydrogen-bond acceptors (Lipinski definition) is 5. The molecule has 0 bridgehead atoms. The van der Waals surface area contributed by atoms with Crippen LogP contribution in [0.5, 0.6) is 11.5 Å². The van der Waals surface area contributed by atoms with Gasteiger partial charge in [0, 0.05) is 19.2 Å². The molecule has 0 unspecified atom stereocenters. The van der Waals surface area contributed by atoms with E-state index in [0.29, 0.717) is 23.8 Å². The first-order chi connectivity index (χ1) is 13.0. The van der Waals surface area contributed by atoms with Gasteiger partial charge < -0.3 is 19.4 Å². The Bertz CT molecular complexity index is 955. The van der Waals surface area contributed by atoms with E-state index in [1.54, 1.807) is 26.2 Å². The van der Waals surface area contributed by atoms with Crippen molar-refractivity contribution in [2.24, 2.45) is 0 Å². The minimum Gasteiger partial charge on any atom is -0.493 e. The Labute approximate surface area is 162 Å². The third-order valence-corrected chi connectivity index (χ3v) is 5.12. The first-order valence-corrected chi connectivity index (χ1v) is 9.53. The summed E-state index contributed by atoms with van der Waals surface area (Å²) in [5.41, 5.74) is 3.96. The summed E-state index contributed by atoms with van der Waals surface area (Å²) in [4.78, 5) is 22.0. The molecular weight excluding hydrogens is 362 g/mol. The number of ether oxygens (including phenoxy) is 2. The van der Waals surface area contributed by atoms with E-state index < -0.39 is 0 Å².